The van der Waals surface area contributed by atoms with Crippen molar-refractivity contribution in [1.29, 1.82) is 0 Å². The number of esters is 2. The smallest absolute Gasteiger partial charge is 0.306 e. The number of ether oxygens (including phenoxy) is 2. The first-order chi connectivity index (χ1) is 33.5. The van der Waals surface area contributed by atoms with E-state index in [4.69, 9.17) is 18.5 Å². The average molecular weight is 995 g/mol. The Morgan fingerprint density at radius 3 is 1.17 bits per heavy atom. The molecule has 2 atom stereocenters. The van der Waals surface area contributed by atoms with Crippen LogP contribution in [0.25, 0.3) is 0 Å². The monoisotopic (exact) mass is 994 g/mol. The molecule has 0 amide bonds. The first-order valence-corrected chi connectivity index (χ1v) is 30.7. The van der Waals surface area contributed by atoms with Crippen LogP contribution in [0, 0.1) is 0 Å². The van der Waals surface area contributed by atoms with Gasteiger partial charge < -0.3 is 27.9 Å². The Morgan fingerprint density at radius 1 is 0.449 bits per heavy atom. The van der Waals surface area contributed by atoms with Crippen molar-refractivity contribution in [2.75, 3.05) is 47.5 Å². The van der Waals surface area contributed by atoms with Gasteiger partial charge >= 0.3 is 11.9 Å². The average Bonchev–Trinajstić information content (AvgIpc) is 3.31. The van der Waals surface area contributed by atoms with Gasteiger partial charge in [0.1, 0.15) is 19.8 Å². The van der Waals surface area contributed by atoms with Crippen LogP contribution < -0.4 is 4.89 Å². The second kappa shape index (κ2) is 51.1. The van der Waals surface area contributed by atoms with Crippen LogP contribution in [0.3, 0.4) is 0 Å². The summed E-state index contributed by atoms with van der Waals surface area (Å²) in [5, 5.41) is 0. The standard InChI is InChI=1S/C59H112NO8P/c1-6-8-10-12-14-16-18-20-22-24-26-27-28-29-30-31-32-33-34-36-37-39-41-43-45-47-49-51-58(61)65-55-57(56-67-69(63,64)66-54-53-60(3,4)5)68-59(62)52-50-48-46-44-42-40-38-35-25-23-21-19-17-15-13-11-9-7-2/h17,19,23-26,57H,6-16,18,20-22,27-56H2,1-5H3/b19-17-,25-23-,26-24-. The lowest BCUT2D eigenvalue weighted by atomic mass is 10.0. The summed E-state index contributed by atoms with van der Waals surface area (Å²) in [6.45, 7) is 4.25. The van der Waals surface area contributed by atoms with Crippen molar-refractivity contribution >= 4 is 19.8 Å². The second-order valence-electron chi connectivity index (χ2n) is 21.0. The third kappa shape index (κ3) is 55.4. The number of allylic oxidation sites excluding steroid dienone is 6. The van der Waals surface area contributed by atoms with Gasteiger partial charge in [-0.25, -0.2) is 0 Å². The van der Waals surface area contributed by atoms with E-state index in [1.807, 2.05) is 21.1 Å². The number of unbranched alkanes of at least 4 members (excludes halogenated alkanes) is 34. The Kier molecular flexibility index (Phi) is 49.8. The SMILES string of the molecule is CCCCCC/C=C\C/C=C\CCCCCCCCCC(=O)OC(COC(=O)CCCCCCCCCCCCCCCCC/C=C\CCCCCCCCCC)COP(=O)([O-])OCC[N+](C)(C)C. The summed E-state index contributed by atoms with van der Waals surface area (Å²) in [4.78, 5) is 37.8. The van der Waals surface area contributed by atoms with Crippen molar-refractivity contribution in [2.24, 2.45) is 0 Å². The van der Waals surface area contributed by atoms with E-state index < -0.39 is 26.5 Å². The molecule has 0 aromatic carbocycles. The molecule has 0 radical (unpaired) electrons. The molecule has 0 saturated carbocycles. The maximum absolute atomic E-state index is 12.8. The molecular formula is C59H112NO8P. The van der Waals surface area contributed by atoms with Crippen LogP contribution in [0.4, 0.5) is 0 Å². The molecule has 0 bridgehead atoms. The number of hydrogen-bond donors (Lipinski definition) is 0. The van der Waals surface area contributed by atoms with Gasteiger partial charge in [-0.3, -0.25) is 14.2 Å². The quantitative estimate of drug-likeness (QED) is 0.0195. The van der Waals surface area contributed by atoms with Crippen LogP contribution in [-0.4, -0.2) is 70.0 Å². The van der Waals surface area contributed by atoms with Crippen molar-refractivity contribution in [3.63, 3.8) is 0 Å². The highest BCUT2D eigenvalue weighted by molar-refractivity contribution is 7.45. The zero-order chi connectivity index (χ0) is 50.6. The zero-order valence-electron chi connectivity index (χ0n) is 46.0. The van der Waals surface area contributed by atoms with Crippen molar-refractivity contribution in [2.45, 2.75) is 283 Å². The fraction of sp³-hybridized carbons (Fsp3) is 0.864. The van der Waals surface area contributed by atoms with Gasteiger partial charge in [0.15, 0.2) is 6.10 Å². The maximum atomic E-state index is 12.8. The summed E-state index contributed by atoms with van der Waals surface area (Å²) in [5.41, 5.74) is 0. The van der Waals surface area contributed by atoms with E-state index in [2.05, 4.69) is 50.3 Å². The largest absolute Gasteiger partial charge is 0.756 e. The molecule has 9 nitrogen and oxygen atoms in total. The molecule has 2 unspecified atom stereocenters. The van der Waals surface area contributed by atoms with Crippen molar-refractivity contribution in [3.8, 4) is 0 Å². The van der Waals surface area contributed by atoms with Gasteiger partial charge in [0.25, 0.3) is 7.82 Å². The number of hydrogen-bond acceptors (Lipinski definition) is 8. The summed E-state index contributed by atoms with van der Waals surface area (Å²) in [5.74, 6) is -0.831. The fourth-order valence-electron chi connectivity index (χ4n) is 8.33. The van der Waals surface area contributed by atoms with Crippen LogP contribution in [0.5, 0.6) is 0 Å². The van der Waals surface area contributed by atoms with Crippen molar-refractivity contribution in [3.05, 3.63) is 36.5 Å². The van der Waals surface area contributed by atoms with Crippen LogP contribution in [0.15, 0.2) is 36.5 Å². The molecule has 0 heterocycles. The van der Waals surface area contributed by atoms with E-state index in [0.717, 1.165) is 51.4 Å². The van der Waals surface area contributed by atoms with E-state index in [1.54, 1.807) is 0 Å². The Morgan fingerprint density at radius 2 is 0.783 bits per heavy atom. The molecule has 0 fully saturated rings. The minimum Gasteiger partial charge on any atom is -0.756 e. The number of carbonyl (C=O) groups is 2. The molecule has 10 heteroatoms. The fourth-order valence-corrected chi connectivity index (χ4v) is 9.06. The third-order valence-corrected chi connectivity index (χ3v) is 13.8. The number of nitrogens with zero attached hydrogens (tertiary/aromatic N) is 1. The Hall–Kier alpha value is -1.77. The van der Waals surface area contributed by atoms with Crippen molar-refractivity contribution < 1.29 is 42.1 Å². The lowest BCUT2D eigenvalue weighted by Gasteiger charge is -2.28. The minimum atomic E-state index is -4.63. The third-order valence-electron chi connectivity index (χ3n) is 12.9. The molecule has 0 aromatic heterocycles. The molecule has 0 aromatic rings. The van der Waals surface area contributed by atoms with Gasteiger partial charge in [-0.2, -0.15) is 0 Å². The molecule has 0 aliphatic rings. The number of phosphoric acid groups is 1. The molecule has 0 saturated heterocycles. The predicted octanol–water partition coefficient (Wildman–Crippen LogP) is 17.4. The number of likely N-dealkylation sites (N-methyl/N-ethyl adjacent to an activating group) is 1. The normalized spacial score (nSPS) is 13.5. The number of quaternary nitrogens is 1. The molecule has 406 valence electrons. The molecule has 0 rings (SSSR count). The predicted molar refractivity (Wildman–Crippen MR) is 291 cm³/mol. The van der Waals surface area contributed by atoms with Crippen LogP contribution in [-0.2, 0) is 32.7 Å². The van der Waals surface area contributed by atoms with Gasteiger partial charge in [0.2, 0.25) is 0 Å². The number of rotatable bonds is 54. The highest BCUT2D eigenvalue weighted by Gasteiger charge is 2.22. The van der Waals surface area contributed by atoms with Gasteiger partial charge in [-0.15, -0.1) is 0 Å². The summed E-state index contributed by atoms with van der Waals surface area (Å²) >= 11 is 0. The molecular weight excluding hydrogens is 882 g/mol. The maximum Gasteiger partial charge on any atom is 0.306 e. The first-order valence-electron chi connectivity index (χ1n) is 29.2. The molecule has 69 heavy (non-hydrogen) atoms. The summed E-state index contributed by atoms with van der Waals surface area (Å²) in [6.07, 6.45) is 61.9. The Bertz CT molecular complexity index is 1260. The highest BCUT2D eigenvalue weighted by Crippen LogP contribution is 2.38. The minimum absolute atomic E-state index is 0.0315. The Balaban J connectivity index is 4.11. The zero-order valence-corrected chi connectivity index (χ0v) is 46.9. The van der Waals surface area contributed by atoms with E-state index in [9.17, 15) is 19.0 Å². The van der Waals surface area contributed by atoms with Crippen LogP contribution in [0.2, 0.25) is 0 Å². The van der Waals surface area contributed by atoms with Gasteiger partial charge in [-0.1, -0.05) is 230 Å². The van der Waals surface area contributed by atoms with Gasteiger partial charge in [0, 0.05) is 12.8 Å². The van der Waals surface area contributed by atoms with Crippen LogP contribution in [0.1, 0.15) is 277 Å². The lowest BCUT2D eigenvalue weighted by Crippen LogP contribution is -2.37. The molecule has 0 N–H and O–H groups in total. The second-order valence-corrected chi connectivity index (χ2v) is 22.4. The van der Waals surface area contributed by atoms with E-state index in [1.165, 1.54) is 193 Å². The highest BCUT2D eigenvalue weighted by atomic mass is 31.2. The molecule has 0 spiro atoms. The summed E-state index contributed by atoms with van der Waals surface area (Å²) in [7, 11) is 1.17. The summed E-state index contributed by atoms with van der Waals surface area (Å²) in [6, 6.07) is 0. The van der Waals surface area contributed by atoms with E-state index in [-0.39, 0.29) is 32.0 Å². The van der Waals surface area contributed by atoms with E-state index >= 15 is 0 Å². The Labute approximate surface area is 427 Å². The van der Waals surface area contributed by atoms with E-state index in [0.29, 0.717) is 17.4 Å². The number of phosphoric ester groups is 1. The molecule has 0 aliphatic heterocycles. The van der Waals surface area contributed by atoms with Gasteiger partial charge in [-0.05, 0) is 70.6 Å². The summed E-state index contributed by atoms with van der Waals surface area (Å²) < 4.78 is 34.1. The van der Waals surface area contributed by atoms with Crippen LogP contribution >= 0.6 is 7.82 Å². The van der Waals surface area contributed by atoms with Crippen molar-refractivity contribution in [1.82, 2.24) is 0 Å². The molecule has 0 aliphatic carbocycles. The number of carbonyl (C=O) groups excluding carboxylic acids is 2. The lowest BCUT2D eigenvalue weighted by molar-refractivity contribution is -0.870. The topological polar surface area (TPSA) is 111 Å². The van der Waals surface area contributed by atoms with Gasteiger partial charge in [0.05, 0.1) is 27.7 Å². The first kappa shape index (κ1) is 67.2.